The Morgan fingerprint density at radius 1 is 1.48 bits per heavy atom. The van der Waals surface area contributed by atoms with Crippen molar-refractivity contribution >= 4 is 17.2 Å². The summed E-state index contributed by atoms with van der Waals surface area (Å²) >= 11 is 0. The number of carboxylic acid groups (broad SMARTS) is 1. The average Bonchev–Trinajstić information content (AvgIpc) is 2.97. The van der Waals surface area contributed by atoms with Crippen molar-refractivity contribution in [2.75, 3.05) is 5.32 Å². The van der Waals surface area contributed by atoms with Crippen molar-refractivity contribution in [1.82, 2.24) is 20.6 Å². The second kappa shape index (κ2) is 5.83. The largest absolute Gasteiger partial charge is 0.478 e. The Balaban J connectivity index is 2.42. The van der Waals surface area contributed by atoms with Crippen LogP contribution in [0.1, 0.15) is 27.3 Å². The van der Waals surface area contributed by atoms with E-state index in [0.717, 1.165) is 11.1 Å². The van der Waals surface area contributed by atoms with E-state index in [1.165, 1.54) is 12.3 Å². The molecular formula is C13H12N6O2. The fourth-order valence-electron chi connectivity index (χ4n) is 1.75. The SMILES string of the molecule is Cc1ccc(C(=O)O)c(NC=C(C#N)c2nn[nH]n2)c1C. The lowest BCUT2D eigenvalue weighted by atomic mass is 10.0. The van der Waals surface area contributed by atoms with Crippen LogP contribution in [0.4, 0.5) is 5.69 Å². The van der Waals surface area contributed by atoms with E-state index in [4.69, 9.17) is 5.26 Å². The number of carbonyl (C=O) groups is 1. The first-order valence-corrected chi connectivity index (χ1v) is 5.98. The number of nitrogens with zero attached hydrogens (tertiary/aromatic N) is 4. The summed E-state index contributed by atoms with van der Waals surface area (Å²) in [5.41, 5.74) is 2.42. The van der Waals surface area contributed by atoms with Crippen molar-refractivity contribution in [2.45, 2.75) is 13.8 Å². The smallest absolute Gasteiger partial charge is 0.337 e. The molecule has 21 heavy (non-hydrogen) atoms. The van der Waals surface area contributed by atoms with Crippen LogP contribution in [-0.4, -0.2) is 31.7 Å². The maximum absolute atomic E-state index is 11.3. The molecule has 0 aliphatic heterocycles. The van der Waals surface area contributed by atoms with Crippen molar-refractivity contribution < 1.29 is 9.90 Å². The van der Waals surface area contributed by atoms with E-state index >= 15 is 0 Å². The number of hydrogen-bond acceptors (Lipinski definition) is 6. The summed E-state index contributed by atoms with van der Waals surface area (Å²) in [4.78, 5) is 11.3. The highest BCUT2D eigenvalue weighted by Crippen LogP contribution is 2.24. The number of tetrazole rings is 1. The van der Waals surface area contributed by atoms with Crippen molar-refractivity contribution in [2.24, 2.45) is 0 Å². The standard InChI is InChI=1S/C13H12N6O2/c1-7-3-4-10(13(20)21)11(8(7)2)15-6-9(5-14)12-16-18-19-17-12/h3-4,6,15H,1-2H3,(H,20,21)(H,16,17,18,19). The Hall–Kier alpha value is -3.21. The number of nitriles is 1. The first kappa shape index (κ1) is 14.2. The lowest BCUT2D eigenvalue weighted by molar-refractivity contribution is 0.0698. The minimum absolute atomic E-state index is 0.125. The Morgan fingerprint density at radius 2 is 2.24 bits per heavy atom. The monoisotopic (exact) mass is 284 g/mol. The number of aryl methyl sites for hydroxylation is 1. The first-order valence-electron chi connectivity index (χ1n) is 5.98. The zero-order valence-corrected chi connectivity index (χ0v) is 11.4. The molecule has 106 valence electrons. The third-order valence-corrected chi connectivity index (χ3v) is 3.03. The van der Waals surface area contributed by atoms with Gasteiger partial charge in [0.1, 0.15) is 11.6 Å². The third kappa shape index (κ3) is 2.87. The Bertz CT molecular complexity index is 743. The quantitative estimate of drug-likeness (QED) is 0.725. The van der Waals surface area contributed by atoms with Gasteiger partial charge in [0.15, 0.2) is 0 Å². The molecular weight excluding hydrogens is 272 g/mol. The van der Waals surface area contributed by atoms with Gasteiger partial charge >= 0.3 is 5.97 Å². The summed E-state index contributed by atoms with van der Waals surface area (Å²) in [5.74, 6) is -0.917. The van der Waals surface area contributed by atoms with E-state index in [9.17, 15) is 9.90 Å². The molecule has 2 rings (SSSR count). The van der Waals surface area contributed by atoms with Gasteiger partial charge in [0, 0.05) is 6.20 Å². The lowest BCUT2D eigenvalue weighted by Gasteiger charge is -2.12. The third-order valence-electron chi connectivity index (χ3n) is 3.03. The van der Waals surface area contributed by atoms with Gasteiger partial charge in [-0.2, -0.15) is 10.5 Å². The number of aromatic amines is 1. The normalized spacial score (nSPS) is 11.0. The van der Waals surface area contributed by atoms with Crippen molar-refractivity contribution in [1.29, 1.82) is 5.26 Å². The number of H-pyrrole nitrogens is 1. The summed E-state index contributed by atoms with van der Waals surface area (Å²) in [6.45, 7) is 3.68. The predicted molar refractivity (Wildman–Crippen MR) is 74.3 cm³/mol. The molecule has 1 aromatic carbocycles. The molecule has 0 atom stereocenters. The summed E-state index contributed by atoms with van der Waals surface area (Å²) in [6, 6.07) is 5.17. The number of allylic oxidation sites excluding steroid dienone is 1. The van der Waals surface area contributed by atoms with Crippen LogP contribution in [0, 0.1) is 25.2 Å². The summed E-state index contributed by atoms with van der Waals surface area (Å²) in [5, 5.41) is 34.2. The van der Waals surface area contributed by atoms with Crippen LogP contribution in [0.5, 0.6) is 0 Å². The summed E-state index contributed by atoms with van der Waals surface area (Å²) in [6.07, 6.45) is 1.36. The average molecular weight is 284 g/mol. The van der Waals surface area contributed by atoms with Crippen LogP contribution in [0.2, 0.25) is 0 Å². The van der Waals surface area contributed by atoms with Crippen LogP contribution in [0.25, 0.3) is 5.57 Å². The van der Waals surface area contributed by atoms with Crippen LogP contribution >= 0.6 is 0 Å². The van der Waals surface area contributed by atoms with Crippen LogP contribution in [-0.2, 0) is 0 Å². The first-order chi connectivity index (χ1) is 10.0. The fraction of sp³-hybridized carbons (Fsp3) is 0.154. The molecule has 0 aliphatic carbocycles. The van der Waals surface area contributed by atoms with Crippen LogP contribution in [0.15, 0.2) is 18.3 Å². The molecule has 8 nitrogen and oxygen atoms in total. The van der Waals surface area contributed by atoms with Crippen molar-refractivity contribution in [3.63, 3.8) is 0 Å². The van der Waals surface area contributed by atoms with E-state index in [1.807, 2.05) is 13.0 Å². The molecule has 8 heteroatoms. The van der Waals surface area contributed by atoms with E-state index in [0.29, 0.717) is 5.69 Å². The molecule has 0 amide bonds. The van der Waals surface area contributed by atoms with Gasteiger partial charge in [-0.05, 0) is 36.3 Å². The van der Waals surface area contributed by atoms with Gasteiger partial charge in [0.25, 0.3) is 0 Å². The molecule has 0 aliphatic rings. The molecule has 2 aromatic rings. The molecule has 1 aromatic heterocycles. The van der Waals surface area contributed by atoms with Crippen molar-refractivity contribution in [3.8, 4) is 6.07 Å². The van der Waals surface area contributed by atoms with Gasteiger partial charge in [-0.3, -0.25) is 0 Å². The summed E-state index contributed by atoms with van der Waals surface area (Å²) in [7, 11) is 0. The van der Waals surface area contributed by atoms with Crippen LogP contribution < -0.4 is 5.32 Å². The highest BCUT2D eigenvalue weighted by molar-refractivity contribution is 5.96. The minimum atomic E-state index is -1.05. The van der Waals surface area contributed by atoms with E-state index < -0.39 is 5.97 Å². The van der Waals surface area contributed by atoms with Crippen molar-refractivity contribution in [3.05, 3.63) is 40.8 Å². The highest BCUT2D eigenvalue weighted by Gasteiger charge is 2.14. The number of benzene rings is 1. The lowest BCUT2D eigenvalue weighted by Crippen LogP contribution is -2.05. The molecule has 3 N–H and O–H groups in total. The Morgan fingerprint density at radius 3 is 2.81 bits per heavy atom. The van der Waals surface area contributed by atoms with E-state index in [2.05, 4.69) is 25.9 Å². The van der Waals surface area contributed by atoms with Crippen LogP contribution in [0.3, 0.4) is 0 Å². The minimum Gasteiger partial charge on any atom is -0.478 e. The number of hydrogen-bond donors (Lipinski definition) is 3. The fourth-order valence-corrected chi connectivity index (χ4v) is 1.75. The number of rotatable bonds is 4. The summed E-state index contributed by atoms with van der Waals surface area (Å²) < 4.78 is 0. The predicted octanol–water partition coefficient (Wildman–Crippen LogP) is 1.49. The highest BCUT2D eigenvalue weighted by atomic mass is 16.4. The molecule has 0 saturated heterocycles. The molecule has 1 heterocycles. The van der Waals surface area contributed by atoms with E-state index in [-0.39, 0.29) is 17.0 Å². The Kier molecular flexibility index (Phi) is 3.95. The zero-order chi connectivity index (χ0) is 15.4. The number of nitrogens with one attached hydrogen (secondary N) is 2. The van der Waals surface area contributed by atoms with Gasteiger partial charge in [0.05, 0.1) is 11.3 Å². The molecule has 0 fully saturated rings. The molecule has 0 unspecified atom stereocenters. The number of aromatic nitrogens is 4. The molecule has 0 saturated carbocycles. The number of anilines is 1. The second-order valence-corrected chi connectivity index (χ2v) is 4.28. The van der Waals surface area contributed by atoms with E-state index in [1.54, 1.807) is 13.0 Å². The zero-order valence-electron chi connectivity index (χ0n) is 11.4. The van der Waals surface area contributed by atoms with Gasteiger partial charge in [-0.25, -0.2) is 4.79 Å². The van der Waals surface area contributed by atoms with Gasteiger partial charge in [-0.15, -0.1) is 10.2 Å². The topological polar surface area (TPSA) is 128 Å². The second-order valence-electron chi connectivity index (χ2n) is 4.28. The maximum Gasteiger partial charge on any atom is 0.337 e. The Labute approximate surface area is 120 Å². The number of carboxylic acids is 1. The van der Waals surface area contributed by atoms with Gasteiger partial charge in [-0.1, -0.05) is 6.07 Å². The maximum atomic E-state index is 11.3. The molecule has 0 radical (unpaired) electrons. The van der Waals surface area contributed by atoms with Gasteiger partial charge in [0.2, 0.25) is 5.82 Å². The molecule has 0 bridgehead atoms. The molecule has 0 spiro atoms. The number of aromatic carboxylic acids is 1. The van der Waals surface area contributed by atoms with Gasteiger partial charge < -0.3 is 10.4 Å².